The molecule has 0 spiro atoms. The predicted octanol–water partition coefficient (Wildman–Crippen LogP) is 2.42. The molecule has 0 aromatic carbocycles. The Balaban J connectivity index is 1.98. The minimum atomic E-state index is -1.25. The first-order chi connectivity index (χ1) is 11.5. The van der Waals surface area contributed by atoms with Crippen molar-refractivity contribution in [2.45, 2.75) is 52.4 Å². The molecule has 0 unspecified atom stereocenters. The van der Waals surface area contributed by atoms with Gasteiger partial charge in [-0.05, 0) is 38.8 Å². The topological polar surface area (TPSA) is 104 Å². The molecule has 0 bridgehead atoms. The molecule has 1 aromatic heterocycles. The summed E-state index contributed by atoms with van der Waals surface area (Å²) >= 11 is 0. The van der Waals surface area contributed by atoms with Gasteiger partial charge in [0.05, 0.1) is 0 Å². The normalized spacial score (nSPS) is 17.5. The summed E-state index contributed by atoms with van der Waals surface area (Å²) in [5.41, 5.74) is 0.0211. The van der Waals surface area contributed by atoms with Crippen LogP contribution in [0.3, 0.4) is 0 Å². The fourth-order valence-corrected chi connectivity index (χ4v) is 2.17. The molecule has 2 rings (SSSR count). The van der Waals surface area contributed by atoms with E-state index in [9.17, 15) is 14.4 Å². The highest BCUT2D eigenvalue weighted by Crippen LogP contribution is 2.25. The zero-order valence-corrected chi connectivity index (χ0v) is 14.9. The molecule has 0 radical (unpaired) electrons. The van der Waals surface area contributed by atoms with Gasteiger partial charge in [-0.1, -0.05) is 6.07 Å². The lowest BCUT2D eigenvalue weighted by Crippen LogP contribution is -2.46. The molecule has 1 aliphatic rings. The molecule has 1 saturated heterocycles. The first-order valence-corrected chi connectivity index (χ1v) is 7.86. The second-order valence-corrected chi connectivity index (χ2v) is 7.18. The van der Waals surface area contributed by atoms with Crippen LogP contribution in [-0.2, 0) is 30.2 Å². The molecule has 0 saturated carbocycles. The van der Waals surface area contributed by atoms with E-state index in [0.29, 0.717) is 11.4 Å². The lowest BCUT2D eigenvalue weighted by Gasteiger charge is -2.32. The average molecular weight is 350 g/mol. The van der Waals surface area contributed by atoms with Gasteiger partial charge in [-0.25, -0.2) is 9.78 Å². The Morgan fingerprint density at radius 1 is 1.24 bits per heavy atom. The number of ether oxygens (including phenoxy) is 3. The Morgan fingerprint density at radius 2 is 1.84 bits per heavy atom. The van der Waals surface area contributed by atoms with E-state index in [4.69, 9.17) is 14.2 Å². The van der Waals surface area contributed by atoms with Crippen molar-refractivity contribution in [3.8, 4) is 0 Å². The van der Waals surface area contributed by atoms with E-state index in [0.717, 1.165) is 0 Å². The SMILES string of the molecule is CC(C)(C)OC(=O)Nc1ccc(CC2C(=O)OC(C)(C)OC2=O)cn1. The Hall–Kier alpha value is -2.64. The van der Waals surface area contributed by atoms with E-state index in [2.05, 4.69) is 10.3 Å². The Bertz CT molecular complexity index is 655. The van der Waals surface area contributed by atoms with E-state index < -0.39 is 35.3 Å². The summed E-state index contributed by atoms with van der Waals surface area (Å²) in [5, 5.41) is 2.50. The number of amides is 1. The van der Waals surface area contributed by atoms with Crippen molar-refractivity contribution >= 4 is 23.8 Å². The van der Waals surface area contributed by atoms with Gasteiger partial charge < -0.3 is 14.2 Å². The number of pyridine rings is 1. The zero-order chi connectivity index (χ0) is 18.8. The predicted molar refractivity (Wildman–Crippen MR) is 87.6 cm³/mol. The number of carbonyl (C=O) groups excluding carboxylic acids is 3. The number of anilines is 1. The minimum Gasteiger partial charge on any atom is -0.444 e. The maximum absolute atomic E-state index is 12.0. The summed E-state index contributed by atoms with van der Waals surface area (Å²) in [6, 6.07) is 3.21. The van der Waals surface area contributed by atoms with Crippen LogP contribution in [0.15, 0.2) is 18.3 Å². The number of rotatable bonds is 3. The highest BCUT2D eigenvalue weighted by molar-refractivity contribution is 5.97. The minimum absolute atomic E-state index is 0.105. The van der Waals surface area contributed by atoms with E-state index in [1.807, 2.05) is 0 Å². The number of esters is 2. The van der Waals surface area contributed by atoms with Crippen molar-refractivity contribution in [2.75, 3.05) is 5.32 Å². The molecule has 136 valence electrons. The fraction of sp³-hybridized carbons (Fsp3) is 0.529. The van der Waals surface area contributed by atoms with Gasteiger partial charge in [-0.15, -0.1) is 0 Å². The first kappa shape index (κ1) is 18.7. The Morgan fingerprint density at radius 3 is 2.32 bits per heavy atom. The van der Waals surface area contributed by atoms with E-state index in [1.54, 1.807) is 32.9 Å². The van der Waals surface area contributed by atoms with Gasteiger partial charge in [-0.3, -0.25) is 14.9 Å². The Labute approximate surface area is 145 Å². The summed E-state index contributed by atoms with van der Waals surface area (Å²) in [5.74, 6) is -3.23. The van der Waals surface area contributed by atoms with Gasteiger partial charge in [0.25, 0.3) is 5.79 Å². The molecule has 25 heavy (non-hydrogen) atoms. The summed E-state index contributed by atoms with van der Waals surface area (Å²) in [4.78, 5) is 39.7. The van der Waals surface area contributed by atoms with Crippen molar-refractivity contribution in [3.05, 3.63) is 23.9 Å². The molecule has 2 heterocycles. The lowest BCUT2D eigenvalue weighted by molar-refractivity contribution is -0.239. The lowest BCUT2D eigenvalue weighted by atomic mass is 9.99. The van der Waals surface area contributed by atoms with Gasteiger partial charge >= 0.3 is 18.0 Å². The number of nitrogens with one attached hydrogen (secondary N) is 1. The smallest absolute Gasteiger partial charge is 0.413 e. The van der Waals surface area contributed by atoms with Crippen LogP contribution in [0, 0.1) is 5.92 Å². The largest absolute Gasteiger partial charge is 0.444 e. The molecular weight excluding hydrogens is 328 g/mol. The van der Waals surface area contributed by atoms with Crippen LogP contribution >= 0.6 is 0 Å². The monoisotopic (exact) mass is 350 g/mol. The average Bonchev–Trinajstić information content (AvgIpc) is 2.41. The molecular formula is C17H22N2O6. The van der Waals surface area contributed by atoms with E-state index in [1.165, 1.54) is 20.0 Å². The van der Waals surface area contributed by atoms with Gasteiger partial charge in [0.1, 0.15) is 11.4 Å². The highest BCUT2D eigenvalue weighted by Gasteiger charge is 2.43. The van der Waals surface area contributed by atoms with Gasteiger partial charge in [0.15, 0.2) is 5.92 Å². The van der Waals surface area contributed by atoms with Crippen LogP contribution < -0.4 is 5.32 Å². The summed E-state index contributed by atoms with van der Waals surface area (Å²) in [6.07, 6.45) is 0.954. The second-order valence-electron chi connectivity index (χ2n) is 7.18. The number of nitrogens with zero attached hydrogens (tertiary/aromatic N) is 1. The van der Waals surface area contributed by atoms with E-state index in [-0.39, 0.29) is 6.42 Å². The maximum Gasteiger partial charge on any atom is 0.413 e. The van der Waals surface area contributed by atoms with Crippen LogP contribution in [-0.4, -0.2) is 34.4 Å². The third kappa shape index (κ3) is 5.44. The van der Waals surface area contributed by atoms with Crippen molar-refractivity contribution in [1.82, 2.24) is 4.98 Å². The Kier molecular flexibility index (Phi) is 5.01. The third-order valence-corrected chi connectivity index (χ3v) is 3.16. The first-order valence-electron chi connectivity index (χ1n) is 7.86. The van der Waals surface area contributed by atoms with Gasteiger partial charge in [0.2, 0.25) is 0 Å². The third-order valence-electron chi connectivity index (χ3n) is 3.16. The standard InChI is InChI=1S/C17H22N2O6/c1-16(2,3)25-15(22)19-12-7-6-10(9-18-12)8-11-13(20)23-17(4,5)24-14(11)21/h6-7,9,11H,8H2,1-5H3,(H,18,19,22). The molecule has 1 aromatic rings. The van der Waals surface area contributed by atoms with Crippen molar-refractivity contribution in [2.24, 2.45) is 5.92 Å². The molecule has 8 heteroatoms. The second kappa shape index (κ2) is 6.70. The van der Waals surface area contributed by atoms with Crippen LogP contribution in [0.1, 0.15) is 40.2 Å². The number of hydrogen-bond acceptors (Lipinski definition) is 7. The maximum atomic E-state index is 12.0. The fourth-order valence-electron chi connectivity index (χ4n) is 2.17. The number of carbonyl (C=O) groups is 3. The molecule has 0 atom stereocenters. The summed E-state index contributed by atoms with van der Waals surface area (Å²) < 4.78 is 15.3. The van der Waals surface area contributed by atoms with Crippen molar-refractivity contribution < 1.29 is 28.6 Å². The molecule has 1 aliphatic heterocycles. The van der Waals surface area contributed by atoms with Crippen LogP contribution in [0.5, 0.6) is 0 Å². The van der Waals surface area contributed by atoms with Crippen LogP contribution in [0.2, 0.25) is 0 Å². The molecule has 8 nitrogen and oxygen atoms in total. The summed E-state index contributed by atoms with van der Waals surface area (Å²) in [6.45, 7) is 8.27. The summed E-state index contributed by atoms with van der Waals surface area (Å²) in [7, 11) is 0. The molecule has 0 aliphatic carbocycles. The van der Waals surface area contributed by atoms with Crippen molar-refractivity contribution in [3.63, 3.8) is 0 Å². The van der Waals surface area contributed by atoms with Crippen LogP contribution in [0.4, 0.5) is 10.6 Å². The van der Waals surface area contributed by atoms with Crippen molar-refractivity contribution in [1.29, 1.82) is 0 Å². The zero-order valence-electron chi connectivity index (χ0n) is 14.9. The number of cyclic esters (lactones) is 2. The van der Waals surface area contributed by atoms with Gasteiger partial charge in [-0.2, -0.15) is 0 Å². The molecule has 1 fully saturated rings. The number of hydrogen-bond donors (Lipinski definition) is 1. The number of aromatic nitrogens is 1. The highest BCUT2D eigenvalue weighted by atomic mass is 16.7. The molecule has 1 N–H and O–H groups in total. The quantitative estimate of drug-likeness (QED) is 0.659. The van der Waals surface area contributed by atoms with Gasteiger partial charge in [0, 0.05) is 20.0 Å². The molecule has 1 amide bonds. The van der Waals surface area contributed by atoms with Crippen LogP contribution in [0.25, 0.3) is 0 Å². The van der Waals surface area contributed by atoms with E-state index >= 15 is 0 Å².